The molecular formula is C15H12F3N3O5S. The number of thiophene rings is 1. The molecule has 2 aromatic rings. The second-order valence-electron chi connectivity index (χ2n) is 5.88. The average molecular weight is 403 g/mol. The number of primary amides is 1. The number of imide groups is 1. The van der Waals surface area contributed by atoms with E-state index in [1.54, 1.807) is 0 Å². The number of alkyl halides is 3. The molecule has 0 aromatic carbocycles. The monoisotopic (exact) mass is 403 g/mol. The van der Waals surface area contributed by atoms with Crippen molar-refractivity contribution in [3.63, 3.8) is 0 Å². The summed E-state index contributed by atoms with van der Waals surface area (Å²) in [6.45, 7) is -0.284. The second kappa shape index (κ2) is 6.37. The minimum Gasteiger partial charge on any atom is -0.492 e. The van der Waals surface area contributed by atoms with Gasteiger partial charge in [-0.15, -0.1) is 11.3 Å². The van der Waals surface area contributed by atoms with Crippen molar-refractivity contribution in [3.05, 3.63) is 23.2 Å². The summed E-state index contributed by atoms with van der Waals surface area (Å²) < 4.78 is 43.1. The molecule has 1 aliphatic heterocycles. The Morgan fingerprint density at radius 2 is 2.15 bits per heavy atom. The lowest BCUT2D eigenvalue weighted by Gasteiger charge is -2.27. The van der Waals surface area contributed by atoms with E-state index in [-0.39, 0.29) is 18.8 Å². The molecule has 0 bridgehead atoms. The number of aromatic hydroxyl groups is 1. The number of esters is 1. The van der Waals surface area contributed by atoms with Crippen LogP contribution in [0.4, 0.5) is 18.0 Å². The highest BCUT2D eigenvalue weighted by atomic mass is 32.1. The number of likely N-dealkylation sites (tertiary alicyclic amines) is 1. The number of ether oxygens (including phenoxy) is 1. The highest BCUT2D eigenvalue weighted by Gasteiger charge is 2.55. The molecule has 0 aliphatic carbocycles. The third-order valence-electron chi connectivity index (χ3n) is 4.19. The smallest absolute Gasteiger partial charge is 0.490 e. The zero-order valence-electron chi connectivity index (χ0n) is 13.4. The van der Waals surface area contributed by atoms with Crippen LogP contribution in [0.3, 0.4) is 0 Å². The van der Waals surface area contributed by atoms with Crippen molar-refractivity contribution in [3.8, 4) is 5.88 Å². The second-order valence-corrected chi connectivity index (χ2v) is 6.76. The van der Waals surface area contributed by atoms with E-state index in [9.17, 15) is 32.7 Å². The predicted octanol–water partition coefficient (Wildman–Crippen LogP) is 1.70. The van der Waals surface area contributed by atoms with Crippen LogP contribution in [0.1, 0.15) is 12.0 Å². The molecule has 144 valence electrons. The predicted molar refractivity (Wildman–Crippen MR) is 85.8 cm³/mol. The summed E-state index contributed by atoms with van der Waals surface area (Å²) in [5.41, 5.74) is 3.21. The van der Waals surface area contributed by atoms with Crippen molar-refractivity contribution >= 4 is 39.3 Å². The minimum absolute atomic E-state index is 0.276. The molecule has 0 saturated carbocycles. The molecule has 1 fully saturated rings. The lowest BCUT2D eigenvalue weighted by Crippen LogP contribution is -2.50. The maximum Gasteiger partial charge on any atom is 0.490 e. The molecule has 12 heteroatoms. The number of carbonyl (C=O) groups excluding carboxylic acids is 3. The number of amides is 3. The Morgan fingerprint density at radius 1 is 1.44 bits per heavy atom. The van der Waals surface area contributed by atoms with Crippen LogP contribution < -0.4 is 5.73 Å². The van der Waals surface area contributed by atoms with Gasteiger partial charge in [-0.3, -0.25) is 9.69 Å². The summed E-state index contributed by atoms with van der Waals surface area (Å²) in [6, 6.07) is 0.354. The van der Waals surface area contributed by atoms with Gasteiger partial charge in [-0.1, -0.05) is 0 Å². The topological polar surface area (TPSA) is 123 Å². The van der Waals surface area contributed by atoms with E-state index in [4.69, 9.17) is 5.73 Å². The van der Waals surface area contributed by atoms with Crippen LogP contribution in [0.2, 0.25) is 0 Å². The normalized spacial score (nSPS) is 20.3. The summed E-state index contributed by atoms with van der Waals surface area (Å²) >= 11 is 1.06. The van der Waals surface area contributed by atoms with E-state index in [1.165, 1.54) is 17.6 Å². The first-order valence-corrected chi connectivity index (χ1v) is 8.39. The van der Waals surface area contributed by atoms with Gasteiger partial charge in [-0.25, -0.2) is 14.6 Å². The number of hydrogen-bond acceptors (Lipinski definition) is 7. The largest absolute Gasteiger partial charge is 0.492 e. The molecule has 2 aromatic heterocycles. The van der Waals surface area contributed by atoms with Crippen LogP contribution in [0.15, 0.2) is 17.6 Å². The molecule has 3 heterocycles. The maximum absolute atomic E-state index is 12.7. The van der Waals surface area contributed by atoms with Gasteiger partial charge in [0.1, 0.15) is 0 Å². The van der Waals surface area contributed by atoms with Crippen LogP contribution in [-0.4, -0.2) is 51.2 Å². The number of hydrogen-bond donors (Lipinski definition) is 2. The molecule has 3 N–H and O–H groups in total. The Morgan fingerprint density at radius 3 is 2.74 bits per heavy atom. The van der Waals surface area contributed by atoms with Gasteiger partial charge >= 0.3 is 18.2 Å². The maximum atomic E-state index is 12.7. The number of fused-ring (bicyclic) bond motifs is 1. The van der Waals surface area contributed by atoms with Gasteiger partial charge in [0.15, 0.2) is 5.60 Å². The van der Waals surface area contributed by atoms with Gasteiger partial charge in [-0.05, 0) is 17.0 Å². The molecule has 0 spiro atoms. The van der Waals surface area contributed by atoms with Gasteiger partial charge in [0.25, 0.3) is 5.91 Å². The van der Waals surface area contributed by atoms with Crippen molar-refractivity contribution in [1.82, 2.24) is 9.88 Å². The number of carbonyl (C=O) groups is 3. The van der Waals surface area contributed by atoms with Gasteiger partial charge < -0.3 is 15.6 Å². The minimum atomic E-state index is -5.31. The lowest BCUT2D eigenvalue weighted by atomic mass is 9.92. The Kier molecular flexibility index (Phi) is 4.46. The summed E-state index contributed by atoms with van der Waals surface area (Å²) in [5.74, 6) is -3.93. The summed E-state index contributed by atoms with van der Waals surface area (Å²) in [6.07, 6.45) is -4.79. The van der Waals surface area contributed by atoms with E-state index in [1.807, 2.05) is 0 Å². The Balaban J connectivity index is 2.02. The molecule has 27 heavy (non-hydrogen) atoms. The summed E-state index contributed by atoms with van der Waals surface area (Å²) in [7, 11) is 0. The fourth-order valence-electron chi connectivity index (χ4n) is 2.93. The SMILES string of the molecule is NC(=O)N1CC[C@](Cc2csc3c(O)nccc23)(OC(=O)C(F)(F)F)C1=O. The molecule has 1 saturated heterocycles. The van der Waals surface area contributed by atoms with Crippen molar-refractivity contribution in [2.45, 2.75) is 24.6 Å². The van der Waals surface area contributed by atoms with Crippen LogP contribution >= 0.6 is 11.3 Å². The van der Waals surface area contributed by atoms with E-state index in [2.05, 4.69) is 9.72 Å². The highest BCUT2D eigenvalue weighted by molar-refractivity contribution is 7.17. The molecule has 1 atom stereocenters. The molecule has 3 amide bonds. The quantitative estimate of drug-likeness (QED) is 0.752. The highest BCUT2D eigenvalue weighted by Crippen LogP contribution is 2.38. The molecule has 0 unspecified atom stereocenters. The first kappa shape index (κ1) is 18.9. The number of halogens is 3. The van der Waals surface area contributed by atoms with Gasteiger partial charge in [0.05, 0.1) is 4.70 Å². The summed E-state index contributed by atoms with van der Waals surface area (Å²) in [4.78, 5) is 39.6. The number of nitrogens with two attached hydrogens (primary N) is 1. The molecular weight excluding hydrogens is 391 g/mol. The zero-order chi connectivity index (χ0) is 20.0. The molecule has 8 nitrogen and oxygen atoms in total. The van der Waals surface area contributed by atoms with Crippen molar-refractivity contribution < 1.29 is 37.4 Å². The van der Waals surface area contributed by atoms with E-state index >= 15 is 0 Å². The number of pyridine rings is 1. The molecule has 3 rings (SSSR count). The van der Waals surface area contributed by atoms with E-state index in [0.29, 0.717) is 20.5 Å². The van der Waals surface area contributed by atoms with Crippen LogP contribution in [0, 0.1) is 0 Å². The number of rotatable bonds is 3. The Hall–Kier alpha value is -2.89. The average Bonchev–Trinajstić information content (AvgIpc) is 3.11. The van der Waals surface area contributed by atoms with Crippen molar-refractivity contribution in [1.29, 1.82) is 0 Å². The third kappa shape index (κ3) is 3.27. The Labute approximate surface area is 153 Å². The first-order valence-electron chi connectivity index (χ1n) is 7.51. The van der Waals surface area contributed by atoms with E-state index < -0.39 is 36.1 Å². The molecule has 0 radical (unpaired) electrons. The fourth-order valence-corrected chi connectivity index (χ4v) is 3.89. The van der Waals surface area contributed by atoms with Crippen LogP contribution in [-0.2, 0) is 20.7 Å². The summed E-state index contributed by atoms with van der Waals surface area (Å²) in [5, 5.41) is 11.7. The van der Waals surface area contributed by atoms with Crippen molar-refractivity contribution in [2.75, 3.05) is 6.54 Å². The lowest BCUT2D eigenvalue weighted by molar-refractivity contribution is -0.213. The Bertz CT molecular complexity index is 944. The zero-order valence-corrected chi connectivity index (χ0v) is 14.3. The first-order chi connectivity index (χ1) is 12.5. The number of nitrogens with zero attached hydrogens (tertiary/aromatic N) is 2. The van der Waals surface area contributed by atoms with Crippen LogP contribution in [0.5, 0.6) is 5.88 Å². The molecule has 1 aliphatic rings. The van der Waals surface area contributed by atoms with E-state index in [0.717, 1.165) is 11.3 Å². The van der Waals surface area contributed by atoms with Gasteiger partial charge in [-0.2, -0.15) is 13.2 Å². The van der Waals surface area contributed by atoms with Gasteiger partial charge in [0, 0.05) is 31.0 Å². The standard InChI is InChI=1S/C15H12F3N3O5S/c16-15(17,18)12(24)26-14(2-4-21(11(14)23)13(19)25)5-7-6-27-9-8(7)1-3-20-10(9)22/h1,3,6H,2,4-5H2,(H2,19,25)(H,20,22)/t14-/m1/s1. The van der Waals surface area contributed by atoms with Gasteiger partial charge in [0.2, 0.25) is 5.88 Å². The third-order valence-corrected chi connectivity index (χ3v) is 5.23. The van der Waals surface area contributed by atoms with Crippen molar-refractivity contribution in [2.24, 2.45) is 5.73 Å². The number of urea groups is 1. The fraction of sp³-hybridized carbons (Fsp3) is 0.333. The number of aromatic nitrogens is 1. The van der Waals surface area contributed by atoms with Crippen LogP contribution in [0.25, 0.3) is 10.1 Å².